The van der Waals surface area contributed by atoms with Crippen LogP contribution in [0.15, 0.2) is 83.5 Å². The van der Waals surface area contributed by atoms with Gasteiger partial charge < -0.3 is 15.4 Å². The lowest BCUT2D eigenvalue weighted by Crippen LogP contribution is -2.32. The Morgan fingerprint density at radius 3 is 2.14 bits per heavy atom. The van der Waals surface area contributed by atoms with Gasteiger partial charge in [0.2, 0.25) is 5.91 Å². The molecular formula is C27H24ClN3O4. The van der Waals surface area contributed by atoms with Gasteiger partial charge in [-0.05, 0) is 67.9 Å². The lowest BCUT2D eigenvalue weighted by molar-refractivity contribution is -0.120. The molecule has 1 aliphatic heterocycles. The lowest BCUT2D eigenvalue weighted by Gasteiger charge is -2.15. The molecule has 0 aliphatic carbocycles. The third-order valence-electron chi connectivity index (χ3n) is 5.36. The summed E-state index contributed by atoms with van der Waals surface area (Å²) in [6.07, 6.45) is 0.195. The largest absolute Gasteiger partial charge is 0.494 e. The van der Waals surface area contributed by atoms with Crippen molar-refractivity contribution in [3.05, 3.63) is 94.7 Å². The average molecular weight is 490 g/mol. The van der Waals surface area contributed by atoms with Gasteiger partial charge in [0, 0.05) is 11.4 Å². The number of carbonyl (C=O) groups excluding carboxylic acids is 3. The summed E-state index contributed by atoms with van der Waals surface area (Å²) >= 11 is 6.21. The topological polar surface area (TPSA) is 87.7 Å². The third kappa shape index (κ3) is 5.53. The molecule has 1 aliphatic rings. The van der Waals surface area contributed by atoms with Crippen molar-refractivity contribution in [3.63, 3.8) is 0 Å². The number of aryl methyl sites for hydroxylation is 1. The molecule has 0 bridgehead atoms. The van der Waals surface area contributed by atoms with Gasteiger partial charge in [-0.25, -0.2) is 4.90 Å². The Morgan fingerprint density at radius 1 is 0.886 bits per heavy atom. The Labute approximate surface area is 208 Å². The molecule has 0 unspecified atom stereocenters. The Kier molecular flexibility index (Phi) is 7.17. The molecule has 0 saturated carbocycles. The highest BCUT2D eigenvalue weighted by Crippen LogP contribution is 2.31. The lowest BCUT2D eigenvalue weighted by atomic mass is 10.1. The number of anilines is 3. The van der Waals surface area contributed by atoms with Gasteiger partial charge in [-0.2, -0.15) is 0 Å². The first-order valence-electron chi connectivity index (χ1n) is 11.1. The Bertz CT molecular complexity index is 1280. The molecule has 0 spiro atoms. The molecule has 4 rings (SSSR count). The smallest absolute Gasteiger partial charge is 0.283 e. The maximum absolute atomic E-state index is 13.0. The van der Waals surface area contributed by atoms with E-state index in [1.807, 2.05) is 38.1 Å². The van der Waals surface area contributed by atoms with Crippen LogP contribution in [0.3, 0.4) is 0 Å². The van der Waals surface area contributed by atoms with E-state index in [2.05, 4.69) is 10.6 Å². The van der Waals surface area contributed by atoms with Crippen LogP contribution in [0.1, 0.15) is 18.1 Å². The zero-order chi connectivity index (χ0) is 24.9. The van der Waals surface area contributed by atoms with Gasteiger partial charge in [0.05, 0.1) is 18.7 Å². The number of amides is 3. The molecular weight excluding hydrogens is 466 g/mol. The molecule has 0 radical (unpaired) electrons. The monoisotopic (exact) mass is 489 g/mol. The van der Waals surface area contributed by atoms with Gasteiger partial charge in [-0.1, -0.05) is 41.4 Å². The molecule has 0 atom stereocenters. The number of nitrogens with zero attached hydrogens (tertiary/aromatic N) is 1. The predicted octanol–water partition coefficient (Wildman–Crippen LogP) is 5.01. The van der Waals surface area contributed by atoms with E-state index < -0.39 is 11.8 Å². The van der Waals surface area contributed by atoms with Gasteiger partial charge in [-0.3, -0.25) is 14.4 Å². The molecule has 3 amide bonds. The highest BCUT2D eigenvalue weighted by molar-refractivity contribution is 6.53. The number of halogens is 1. The van der Waals surface area contributed by atoms with Crippen molar-refractivity contribution < 1.29 is 19.1 Å². The Morgan fingerprint density at radius 2 is 1.51 bits per heavy atom. The molecule has 35 heavy (non-hydrogen) atoms. The standard InChI is InChI=1S/C27H24ClN3O4/c1-3-35-22-14-12-21(13-15-22)31-26(33)24(28)25(27(31)34)30-20-10-6-18(7-11-20)16-23(32)29-19-8-4-17(2)5-9-19/h4-15,30H,3,16H2,1-2H3,(H,29,32). The van der Waals surface area contributed by atoms with Crippen LogP contribution in [-0.2, 0) is 20.8 Å². The fraction of sp³-hybridized carbons (Fsp3) is 0.148. The van der Waals surface area contributed by atoms with Crippen molar-refractivity contribution in [3.8, 4) is 5.75 Å². The first-order valence-corrected chi connectivity index (χ1v) is 11.5. The van der Waals surface area contributed by atoms with Crippen molar-refractivity contribution in [1.82, 2.24) is 0 Å². The van der Waals surface area contributed by atoms with Gasteiger partial charge in [-0.15, -0.1) is 0 Å². The molecule has 0 aromatic heterocycles. The van der Waals surface area contributed by atoms with Gasteiger partial charge >= 0.3 is 0 Å². The summed E-state index contributed by atoms with van der Waals surface area (Å²) in [5.74, 6) is -0.651. The minimum Gasteiger partial charge on any atom is -0.494 e. The molecule has 0 saturated heterocycles. The van der Waals surface area contributed by atoms with Crippen molar-refractivity contribution in [2.45, 2.75) is 20.3 Å². The summed E-state index contributed by atoms with van der Waals surface area (Å²) in [4.78, 5) is 39.0. The predicted molar refractivity (Wildman–Crippen MR) is 137 cm³/mol. The van der Waals surface area contributed by atoms with E-state index in [9.17, 15) is 14.4 Å². The number of carbonyl (C=O) groups is 3. The minimum absolute atomic E-state index is 0.00424. The second kappa shape index (κ2) is 10.4. The second-order valence-electron chi connectivity index (χ2n) is 7.97. The van der Waals surface area contributed by atoms with Gasteiger partial charge in [0.15, 0.2) is 0 Å². The number of rotatable bonds is 8. The van der Waals surface area contributed by atoms with E-state index in [-0.39, 0.29) is 23.1 Å². The van der Waals surface area contributed by atoms with Crippen molar-refractivity contribution in [2.75, 3.05) is 22.1 Å². The number of benzene rings is 3. The number of imide groups is 1. The van der Waals surface area contributed by atoms with Crippen LogP contribution in [0.5, 0.6) is 5.75 Å². The molecule has 8 heteroatoms. The quantitative estimate of drug-likeness (QED) is 0.434. The van der Waals surface area contributed by atoms with E-state index in [1.54, 1.807) is 48.5 Å². The Balaban J connectivity index is 1.40. The molecule has 7 nitrogen and oxygen atoms in total. The van der Waals surface area contributed by atoms with E-state index in [0.29, 0.717) is 23.7 Å². The van der Waals surface area contributed by atoms with Crippen LogP contribution in [0, 0.1) is 6.92 Å². The number of hydrogen-bond acceptors (Lipinski definition) is 5. The fourth-order valence-corrected chi connectivity index (χ4v) is 3.79. The van der Waals surface area contributed by atoms with E-state index >= 15 is 0 Å². The maximum atomic E-state index is 13.0. The SMILES string of the molecule is CCOc1ccc(N2C(=O)C(Cl)=C(Nc3ccc(CC(=O)Nc4ccc(C)cc4)cc3)C2=O)cc1. The van der Waals surface area contributed by atoms with Gasteiger partial charge in [0.25, 0.3) is 11.8 Å². The summed E-state index contributed by atoms with van der Waals surface area (Å²) in [6.45, 7) is 4.37. The minimum atomic E-state index is -0.604. The normalized spacial score (nSPS) is 13.3. The fourth-order valence-electron chi connectivity index (χ4n) is 3.58. The van der Waals surface area contributed by atoms with E-state index in [1.165, 1.54) is 0 Å². The Hall–Kier alpha value is -4.10. The first kappa shape index (κ1) is 24.0. The summed E-state index contributed by atoms with van der Waals surface area (Å²) in [7, 11) is 0. The summed E-state index contributed by atoms with van der Waals surface area (Å²) in [6, 6.07) is 21.2. The van der Waals surface area contributed by atoms with Gasteiger partial charge in [0.1, 0.15) is 16.5 Å². The third-order valence-corrected chi connectivity index (χ3v) is 5.71. The van der Waals surface area contributed by atoms with Crippen LogP contribution in [0.25, 0.3) is 0 Å². The van der Waals surface area contributed by atoms with Crippen LogP contribution in [-0.4, -0.2) is 24.3 Å². The van der Waals surface area contributed by atoms with Crippen LogP contribution in [0.4, 0.5) is 17.1 Å². The zero-order valence-electron chi connectivity index (χ0n) is 19.3. The van der Waals surface area contributed by atoms with E-state index in [4.69, 9.17) is 16.3 Å². The van der Waals surface area contributed by atoms with Crippen LogP contribution in [0.2, 0.25) is 0 Å². The first-order chi connectivity index (χ1) is 16.9. The van der Waals surface area contributed by atoms with Crippen molar-refractivity contribution in [1.29, 1.82) is 0 Å². The molecule has 2 N–H and O–H groups in total. The number of nitrogens with one attached hydrogen (secondary N) is 2. The van der Waals surface area contributed by atoms with Crippen molar-refractivity contribution >= 4 is 46.4 Å². The van der Waals surface area contributed by atoms with Crippen molar-refractivity contribution in [2.24, 2.45) is 0 Å². The number of ether oxygens (including phenoxy) is 1. The average Bonchev–Trinajstić information content (AvgIpc) is 3.05. The van der Waals surface area contributed by atoms with Crippen LogP contribution < -0.4 is 20.3 Å². The second-order valence-corrected chi connectivity index (χ2v) is 8.35. The van der Waals surface area contributed by atoms with Crippen LogP contribution >= 0.6 is 11.6 Å². The summed E-state index contributed by atoms with van der Waals surface area (Å²) < 4.78 is 5.40. The highest BCUT2D eigenvalue weighted by atomic mass is 35.5. The zero-order valence-corrected chi connectivity index (χ0v) is 20.1. The number of hydrogen-bond donors (Lipinski definition) is 2. The molecule has 3 aromatic rings. The molecule has 1 heterocycles. The summed E-state index contributed by atoms with van der Waals surface area (Å²) in [5, 5.41) is 5.61. The molecule has 178 valence electrons. The van der Waals surface area contributed by atoms with E-state index in [0.717, 1.165) is 21.7 Å². The highest BCUT2D eigenvalue weighted by Gasteiger charge is 2.38. The molecule has 3 aromatic carbocycles. The molecule has 0 fully saturated rings. The maximum Gasteiger partial charge on any atom is 0.283 e. The summed E-state index contributed by atoms with van der Waals surface area (Å²) in [5.41, 5.74) is 3.61.